The number of rotatable bonds is 2. The van der Waals surface area contributed by atoms with Gasteiger partial charge in [-0.25, -0.2) is 13.4 Å². The fraction of sp³-hybridized carbons (Fsp3) is 0. The van der Waals surface area contributed by atoms with Crippen LogP contribution < -0.4 is 0 Å². The monoisotopic (exact) mass is 233 g/mol. The number of hydrogen-bond acceptors (Lipinski definition) is 7. The maximum absolute atomic E-state index is 11.6. The Hall–Kier alpha value is -0.860. The Morgan fingerprint density at radius 2 is 2.23 bits per heavy atom. The van der Waals surface area contributed by atoms with Gasteiger partial charge in [0.05, 0.1) is 5.38 Å². The zero-order valence-corrected chi connectivity index (χ0v) is 8.56. The van der Waals surface area contributed by atoms with Crippen molar-refractivity contribution in [1.82, 2.24) is 14.6 Å². The molecule has 0 amide bonds. The van der Waals surface area contributed by atoms with Crippen LogP contribution in [0, 0.1) is 0 Å². The number of sulfone groups is 1. The highest BCUT2D eigenvalue weighted by Crippen LogP contribution is 2.20. The standard InChI is InChI=1S/C5H3N3O2S3/c9-13(10,4-3-12-8-7-4)5-6-1-2-11-5/h1-3H. The Morgan fingerprint density at radius 3 is 2.77 bits per heavy atom. The van der Waals surface area contributed by atoms with Crippen molar-refractivity contribution in [2.45, 2.75) is 9.37 Å². The lowest BCUT2D eigenvalue weighted by Gasteiger charge is -1.91. The summed E-state index contributed by atoms with van der Waals surface area (Å²) in [5.41, 5.74) is 0. The number of hydrogen-bond donors (Lipinski definition) is 0. The molecule has 2 rings (SSSR count). The molecule has 0 fully saturated rings. The van der Waals surface area contributed by atoms with Crippen molar-refractivity contribution in [3.63, 3.8) is 0 Å². The average molecular weight is 233 g/mol. The summed E-state index contributed by atoms with van der Waals surface area (Å²) in [5, 5.41) is 6.45. The van der Waals surface area contributed by atoms with E-state index in [9.17, 15) is 8.42 Å². The third kappa shape index (κ3) is 1.47. The first kappa shape index (κ1) is 8.73. The van der Waals surface area contributed by atoms with Gasteiger partial charge in [-0.2, -0.15) is 0 Å². The van der Waals surface area contributed by atoms with E-state index in [1.807, 2.05) is 0 Å². The highest BCUT2D eigenvalue weighted by Gasteiger charge is 2.22. The van der Waals surface area contributed by atoms with Crippen LogP contribution >= 0.6 is 22.9 Å². The fourth-order valence-electron chi connectivity index (χ4n) is 0.706. The lowest BCUT2D eigenvalue weighted by atomic mass is 11.0. The lowest BCUT2D eigenvalue weighted by molar-refractivity contribution is 0.591. The molecular weight excluding hydrogens is 230 g/mol. The van der Waals surface area contributed by atoms with E-state index in [0.717, 1.165) is 22.9 Å². The van der Waals surface area contributed by atoms with Crippen LogP contribution in [0.2, 0.25) is 0 Å². The zero-order chi connectivity index (χ0) is 9.31. The third-order valence-corrected chi connectivity index (χ3v) is 4.74. The summed E-state index contributed by atoms with van der Waals surface area (Å²) in [6.45, 7) is 0. The highest BCUT2D eigenvalue weighted by atomic mass is 32.2. The molecule has 0 N–H and O–H groups in total. The van der Waals surface area contributed by atoms with E-state index < -0.39 is 9.84 Å². The Balaban J connectivity index is 2.56. The molecule has 2 heterocycles. The minimum absolute atomic E-state index is 0.0348. The molecule has 0 bridgehead atoms. The Kier molecular flexibility index (Phi) is 2.10. The number of aromatic nitrogens is 3. The van der Waals surface area contributed by atoms with Crippen molar-refractivity contribution in [1.29, 1.82) is 0 Å². The average Bonchev–Trinajstić information content (AvgIpc) is 2.78. The van der Waals surface area contributed by atoms with E-state index in [1.54, 1.807) is 5.38 Å². The molecule has 0 aliphatic heterocycles. The summed E-state index contributed by atoms with van der Waals surface area (Å²) >= 11 is 2.07. The summed E-state index contributed by atoms with van der Waals surface area (Å²) < 4.78 is 26.8. The third-order valence-electron chi connectivity index (χ3n) is 1.25. The van der Waals surface area contributed by atoms with Crippen LogP contribution in [0.25, 0.3) is 0 Å². The predicted octanol–water partition coefficient (Wildman–Crippen LogP) is 0.827. The lowest BCUT2D eigenvalue weighted by Crippen LogP contribution is -2.01. The number of nitrogens with zero attached hydrogens (tertiary/aromatic N) is 3. The molecule has 8 heteroatoms. The van der Waals surface area contributed by atoms with E-state index in [0.29, 0.717) is 0 Å². The van der Waals surface area contributed by atoms with Crippen LogP contribution in [0.4, 0.5) is 0 Å². The van der Waals surface area contributed by atoms with Gasteiger partial charge in [0, 0.05) is 11.6 Å². The van der Waals surface area contributed by atoms with Crippen LogP contribution in [-0.4, -0.2) is 23.0 Å². The molecule has 0 unspecified atom stereocenters. The number of thiazole rings is 1. The van der Waals surface area contributed by atoms with Gasteiger partial charge >= 0.3 is 0 Å². The van der Waals surface area contributed by atoms with Gasteiger partial charge in [0.2, 0.25) is 4.34 Å². The van der Waals surface area contributed by atoms with Gasteiger partial charge in [0.15, 0.2) is 5.03 Å². The minimum Gasteiger partial charge on any atom is -0.233 e. The first-order chi connectivity index (χ1) is 6.21. The van der Waals surface area contributed by atoms with Gasteiger partial charge in [-0.15, -0.1) is 16.4 Å². The topological polar surface area (TPSA) is 72.8 Å². The van der Waals surface area contributed by atoms with Crippen LogP contribution in [-0.2, 0) is 9.84 Å². The largest absolute Gasteiger partial charge is 0.253 e. The predicted molar refractivity (Wildman–Crippen MR) is 47.5 cm³/mol. The minimum atomic E-state index is -3.51. The second kappa shape index (κ2) is 3.13. The Morgan fingerprint density at radius 1 is 1.38 bits per heavy atom. The maximum Gasteiger partial charge on any atom is 0.253 e. The first-order valence-electron chi connectivity index (χ1n) is 3.13. The van der Waals surface area contributed by atoms with Crippen LogP contribution in [0.5, 0.6) is 0 Å². The zero-order valence-electron chi connectivity index (χ0n) is 6.11. The van der Waals surface area contributed by atoms with E-state index >= 15 is 0 Å². The molecule has 13 heavy (non-hydrogen) atoms. The van der Waals surface area contributed by atoms with E-state index in [4.69, 9.17) is 0 Å². The molecule has 0 atom stereocenters. The molecular formula is C5H3N3O2S3. The summed E-state index contributed by atoms with van der Waals surface area (Å²) in [7, 11) is -3.51. The Bertz CT molecular complexity index is 433. The van der Waals surface area contributed by atoms with Crippen molar-refractivity contribution in [3.8, 4) is 0 Å². The van der Waals surface area contributed by atoms with Crippen molar-refractivity contribution in [2.75, 3.05) is 0 Å². The van der Waals surface area contributed by atoms with Crippen molar-refractivity contribution in [3.05, 3.63) is 17.0 Å². The normalized spacial score (nSPS) is 11.7. The fourth-order valence-corrected chi connectivity index (χ4v) is 3.53. The van der Waals surface area contributed by atoms with Gasteiger partial charge in [-0.05, 0) is 11.5 Å². The first-order valence-corrected chi connectivity index (χ1v) is 6.33. The molecule has 5 nitrogen and oxygen atoms in total. The van der Waals surface area contributed by atoms with Crippen LogP contribution in [0.15, 0.2) is 26.3 Å². The molecule has 68 valence electrons. The molecule has 0 aromatic carbocycles. The summed E-state index contributed by atoms with van der Waals surface area (Å²) in [6.07, 6.45) is 1.44. The summed E-state index contributed by atoms with van der Waals surface area (Å²) in [4.78, 5) is 3.71. The van der Waals surface area contributed by atoms with Crippen LogP contribution in [0.1, 0.15) is 0 Å². The SMILES string of the molecule is O=S(=O)(c1csnn1)c1nccs1. The van der Waals surface area contributed by atoms with Gasteiger partial charge in [-0.3, -0.25) is 0 Å². The quantitative estimate of drug-likeness (QED) is 0.768. The van der Waals surface area contributed by atoms with Gasteiger partial charge in [0.25, 0.3) is 9.84 Å². The molecule has 2 aromatic rings. The summed E-state index contributed by atoms with van der Waals surface area (Å²) in [5.74, 6) is 0. The molecule has 0 aliphatic carbocycles. The van der Waals surface area contributed by atoms with Gasteiger partial charge < -0.3 is 0 Å². The van der Waals surface area contributed by atoms with Gasteiger partial charge in [0.1, 0.15) is 0 Å². The van der Waals surface area contributed by atoms with E-state index in [1.165, 1.54) is 11.6 Å². The molecule has 0 saturated heterocycles. The molecule has 0 spiro atoms. The molecule has 0 aliphatic rings. The van der Waals surface area contributed by atoms with Crippen molar-refractivity contribution >= 4 is 32.7 Å². The molecule has 0 saturated carbocycles. The maximum atomic E-state index is 11.6. The van der Waals surface area contributed by atoms with E-state index in [-0.39, 0.29) is 9.37 Å². The van der Waals surface area contributed by atoms with E-state index in [2.05, 4.69) is 14.6 Å². The summed E-state index contributed by atoms with van der Waals surface area (Å²) in [6, 6.07) is 0. The highest BCUT2D eigenvalue weighted by molar-refractivity contribution is 7.93. The molecule has 0 radical (unpaired) electrons. The smallest absolute Gasteiger partial charge is 0.233 e. The Labute approximate surface area is 82.2 Å². The second-order valence-electron chi connectivity index (χ2n) is 2.04. The van der Waals surface area contributed by atoms with Crippen molar-refractivity contribution in [2.24, 2.45) is 0 Å². The van der Waals surface area contributed by atoms with Gasteiger partial charge in [-0.1, -0.05) is 4.49 Å². The van der Waals surface area contributed by atoms with Crippen molar-refractivity contribution < 1.29 is 8.42 Å². The second-order valence-corrected chi connectivity index (χ2v) is 5.62. The van der Waals surface area contributed by atoms with Crippen LogP contribution in [0.3, 0.4) is 0 Å². The molecule has 2 aromatic heterocycles.